The van der Waals surface area contributed by atoms with E-state index in [1.165, 1.54) is 11.3 Å². The number of hydrogen-bond acceptors (Lipinski definition) is 6. The summed E-state index contributed by atoms with van der Waals surface area (Å²) in [4.78, 5) is 30.6. The van der Waals surface area contributed by atoms with Gasteiger partial charge in [0, 0.05) is 24.4 Å². The average molecular weight is 404 g/mol. The molecule has 0 atom stereocenters. The molecule has 28 heavy (non-hydrogen) atoms. The number of thiazole rings is 1. The second kappa shape index (κ2) is 10.2. The number of aromatic nitrogens is 1. The average Bonchev–Trinajstić information content (AvgIpc) is 3.13. The van der Waals surface area contributed by atoms with Gasteiger partial charge in [0.25, 0.3) is 0 Å². The number of amides is 2. The highest BCUT2D eigenvalue weighted by Gasteiger charge is 2.27. The van der Waals surface area contributed by atoms with Crippen molar-refractivity contribution in [2.24, 2.45) is 5.92 Å². The van der Waals surface area contributed by atoms with Gasteiger partial charge in [0.2, 0.25) is 11.8 Å². The van der Waals surface area contributed by atoms with Gasteiger partial charge >= 0.3 is 0 Å². The first-order valence-corrected chi connectivity index (χ1v) is 10.3. The number of carbonyl (C=O) groups is 2. The van der Waals surface area contributed by atoms with E-state index in [4.69, 9.17) is 9.47 Å². The standard InChI is InChI=1S/C20H25N3O4S/c1-15-14-28-20(21-15)22-19(25)16-7-9-23(10-8-16)18(24)13-26-11-12-27-17-5-3-2-4-6-17/h2-6,14,16H,7-13H2,1H3,(H,21,22,25). The summed E-state index contributed by atoms with van der Waals surface area (Å²) in [5.41, 5.74) is 0.898. The van der Waals surface area contributed by atoms with Crippen LogP contribution in [0.15, 0.2) is 35.7 Å². The van der Waals surface area contributed by atoms with Crippen molar-refractivity contribution in [3.8, 4) is 5.75 Å². The number of benzene rings is 1. The summed E-state index contributed by atoms with van der Waals surface area (Å²) < 4.78 is 10.9. The van der Waals surface area contributed by atoms with Crippen LogP contribution in [0.4, 0.5) is 5.13 Å². The van der Waals surface area contributed by atoms with Crippen molar-refractivity contribution < 1.29 is 19.1 Å². The van der Waals surface area contributed by atoms with Gasteiger partial charge in [0.15, 0.2) is 5.13 Å². The third-order valence-electron chi connectivity index (χ3n) is 4.53. The Morgan fingerprint density at radius 1 is 1.21 bits per heavy atom. The van der Waals surface area contributed by atoms with E-state index in [0.29, 0.717) is 44.3 Å². The van der Waals surface area contributed by atoms with Crippen molar-refractivity contribution in [2.75, 3.05) is 38.2 Å². The highest BCUT2D eigenvalue weighted by atomic mass is 32.1. The molecule has 7 nitrogen and oxygen atoms in total. The molecular weight excluding hydrogens is 378 g/mol. The SMILES string of the molecule is Cc1csc(NC(=O)C2CCN(C(=O)COCCOc3ccccc3)CC2)n1. The summed E-state index contributed by atoms with van der Waals surface area (Å²) >= 11 is 1.42. The Balaban J connectivity index is 1.30. The number of anilines is 1. The van der Waals surface area contributed by atoms with Gasteiger partial charge in [-0.05, 0) is 31.9 Å². The molecule has 0 bridgehead atoms. The molecule has 1 aliphatic heterocycles. The van der Waals surface area contributed by atoms with Gasteiger partial charge in [0.05, 0.1) is 12.3 Å². The molecule has 2 aromatic rings. The Kier molecular flexibility index (Phi) is 7.39. The fourth-order valence-electron chi connectivity index (χ4n) is 3.00. The van der Waals surface area contributed by atoms with Crippen molar-refractivity contribution in [2.45, 2.75) is 19.8 Å². The molecule has 0 unspecified atom stereocenters. The van der Waals surface area contributed by atoms with Gasteiger partial charge in [-0.15, -0.1) is 11.3 Å². The largest absolute Gasteiger partial charge is 0.491 e. The fourth-order valence-corrected chi connectivity index (χ4v) is 3.69. The number of rotatable bonds is 8. The van der Waals surface area contributed by atoms with E-state index in [2.05, 4.69) is 10.3 Å². The lowest BCUT2D eigenvalue weighted by atomic mass is 9.96. The number of para-hydroxylation sites is 1. The lowest BCUT2D eigenvalue weighted by molar-refractivity contribution is -0.139. The molecule has 2 amide bonds. The van der Waals surface area contributed by atoms with Crippen LogP contribution in [0, 0.1) is 12.8 Å². The molecule has 0 aliphatic carbocycles. The summed E-state index contributed by atoms with van der Waals surface area (Å²) in [5.74, 6) is 0.629. The number of hydrogen-bond donors (Lipinski definition) is 1. The normalized spacial score (nSPS) is 14.7. The van der Waals surface area contributed by atoms with Crippen molar-refractivity contribution in [1.29, 1.82) is 0 Å². The molecule has 0 saturated carbocycles. The maximum atomic E-state index is 12.3. The fraction of sp³-hybridized carbons (Fsp3) is 0.450. The number of piperidine rings is 1. The van der Waals surface area contributed by atoms with Gasteiger partial charge in [-0.25, -0.2) is 4.98 Å². The monoisotopic (exact) mass is 403 g/mol. The molecule has 1 N–H and O–H groups in total. The summed E-state index contributed by atoms with van der Waals surface area (Å²) in [6, 6.07) is 9.49. The minimum absolute atomic E-state index is 0.0178. The van der Waals surface area contributed by atoms with Crippen LogP contribution in [-0.4, -0.2) is 54.6 Å². The molecule has 3 rings (SSSR count). The summed E-state index contributed by atoms with van der Waals surface area (Å²) in [6.45, 7) is 3.82. The Labute approximate surface area is 168 Å². The van der Waals surface area contributed by atoms with Gasteiger partial charge in [-0.1, -0.05) is 18.2 Å². The second-order valence-corrected chi connectivity index (χ2v) is 7.51. The summed E-state index contributed by atoms with van der Waals surface area (Å²) in [6.07, 6.45) is 1.30. The van der Waals surface area contributed by atoms with Gasteiger partial charge < -0.3 is 19.7 Å². The molecule has 150 valence electrons. The Bertz CT molecular complexity index is 773. The Hall–Kier alpha value is -2.45. The maximum absolute atomic E-state index is 12.3. The summed E-state index contributed by atoms with van der Waals surface area (Å²) in [5, 5.41) is 5.40. The predicted molar refractivity (Wildman–Crippen MR) is 108 cm³/mol. The lowest BCUT2D eigenvalue weighted by Gasteiger charge is -2.31. The lowest BCUT2D eigenvalue weighted by Crippen LogP contribution is -2.43. The van der Waals surface area contributed by atoms with E-state index < -0.39 is 0 Å². The zero-order valence-electron chi connectivity index (χ0n) is 15.9. The minimum atomic E-state index is -0.0894. The van der Waals surface area contributed by atoms with E-state index in [0.717, 1.165) is 11.4 Å². The zero-order chi connectivity index (χ0) is 19.8. The number of likely N-dealkylation sites (tertiary alicyclic amines) is 1. The van der Waals surface area contributed by atoms with Crippen LogP contribution in [0.5, 0.6) is 5.75 Å². The number of nitrogens with one attached hydrogen (secondary N) is 1. The minimum Gasteiger partial charge on any atom is -0.491 e. The van der Waals surface area contributed by atoms with Crippen LogP contribution in [0.2, 0.25) is 0 Å². The van der Waals surface area contributed by atoms with Gasteiger partial charge in [0.1, 0.15) is 19.0 Å². The first-order valence-electron chi connectivity index (χ1n) is 9.38. The van der Waals surface area contributed by atoms with E-state index in [-0.39, 0.29) is 24.3 Å². The van der Waals surface area contributed by atoms with E-state index >= 15 is 0 Å². The Morgan fingerprint density at radius 3 is 2.64 bits per heavy atom. The van der Waals surface area contributed by atoms with Crippen LogP contribution >= 0.6 is 11.3 Å². The number of ether oxygens (including phenoxy) is 2. The molecule has 8 heteroatoms. The number of aryl methyl sites for hydroxylation is 1. The second-order valence-electron chi connectivity index (χ2n) is 6.65. The quantitative estimate of drug-likeness (QED) is 0.686. The molecular formula is C20H25N3O4S. The van der Waals surface area contributed by atoms with E-state index in [9.17, 15) is 9.59 Å². The molecule has 0 spiro atoms. The highest BCUT2D eigenvalue weighted by Crippen LogP contribution is 2.21. The van der Waals surface area contributed by atoms with Crippen LogP contribution in [0.25, 0.3) is 0 Å². The van der Waals surface area contributed by atoms with E-state index in [1.54, 1.807) is 4.90 Å². The highest BCUT2D eigenvalue weighted by molar-refractivity contribution is 7.13. The van der Waals surface area contributed by atoms with Crippen molar-refractivity contribution in [1.82, 2.24) is 9.88 Å². The van der Waals surface area contributed by atoms with Crippen molar-refractivity contribution >= 4 is 28.3 Å². The molecule has 1 aromatic carbocycles. The molecule has 1 fully saturated rings. The molecule has 0 radical (unpaired) electrons. The van der Waals surface area contributed by atoms with Crippen LogP contribution in [0.3, 0.4) is 0 Å². The van der Waals surface area contributed by atoms with Crippen LogP contribution in [0.1, 0.15) is 18.5 Å². The molecule has 1 aromatic heterocycles. The number of carbonyl (C=O) groups excluding carboxylic acids is 2. The summed E-state index contributed by atoms with van der Waals surface area (Å²) in [7, 11) is 0. The van der Waals surface area contributed by atoms with Crippen LogP contribution < -0.4 is 10.1 Å². The van der Waals surface area contributed by atoms with E-state index in [1.807, 2.05) is 42.6 Å². The zero-order valence-corrected chi connectivity index (χ0v) is 16.7. The molecule has 2 heterocycles. The predicted octanol–water partition coefficient (Wildman–Crippen LogP) is 2.72. The first-order chi connectivity index (χ1) is 13.6. The molecule has 1 aliphatic rings. The third-order valence-corrected chi connectivity index (χ3v) is 5.41. The maximum Gasteiger partial charge on any atom is 0.248 e. The smallest absolute Gasteiger partial charge is 0.248 e. The molecule has 1 saturated heterocycles. The number of nitrogens with zero attached hydrogens (tertiary/aromatic N) is 2. The van der Waals surface area contributed by atoms with Gasteiger partial charge in [-0.2, -0.15) is 0 Å². The van der Waals surface area contributed by atoms with Crippen molar-refractivity contribution in [3.63, 3.8) is 0 Å². The van der Waals surface area contributed by atoms with Crippen molar-refractivity contribution in [3.05, 3.63) is 41.4 Å². The first kappa shape index (κ1) is 20.3. The van der Waals surface area contributed by atoms with Crippen LogP contribution in [-0.2, 0) is 14.3 Å². The third kappa shape index (κ3) is 6.03. The topological polar surface area (TPSA) is 80.8 Å². The van der Waals surface area contributed by atoms with Gasteiger partial charge in [-0.3, -0.25) is 9.59 Å². The Morgan fingerprint density at radius 2 is 1.96 bits per heavy atom.